The highest BCUT2D eigenvalue weighted by molar-refractivity contribution is 5.34. The zero-order valence-corrected chi connectivity index (χ0v) is 23.3. The molecule has 12 unspecified atom stereocenters. The van der Waals surface area contributed by atoms with Gasteiger partial charge in [0.25, 0.3) is 0 Å². The summed E-state index contributed by atoms with van der Waals surface area (Å²) in [6.07, 6.45) is 5.31. The Balaban J connectivity index is 1.49. The molecule has 4 nitrogen and oxygen atoms in total. The SMILES string of the molecule is C=C(CCC(C)C1C(O)CC2(C)C3C(O)C(O)C4C(C)(C)C(O)CCC45CC35CCC12C)C(C)C. The fourth-order valence-electron chi connectivity index (χ4n) is 11.4. The number of fused-ring (bicyclic) bond motifs is 2. The number of aliphatic hydroxyl groups is 4. The van der Waals surface area contributed by atoms with Crippen LogP contribution in [0.25, 0.3) is 0 Å². The van der Waals surface area contributed by atoms with Crippen LogP contribution < -0.4 is 0 Å². The van der Waals surface area contributed by atoms with Gasteiger partial charge in [0, 0.05) is 5.92 Å². The third-order valence-corrected chi connectivity index (χ3v) is 13.5. The molecule has 0 amide bonds. The first-order chi connectivity index (χ1) is 16.1. The average molecular weight is 489 g/mol. The monoisotopic (exact) mass is 488 g/mol. The molecule has 5 rings (SSSR count). The van der Waals surface area contributed by atoms with Gasteiger partial charge in [0.15, 0.2) is 0 Å². The van der Waals surface area contributed by atoms with E-state index in [1.165, 1.54) is 5.57 Å². The van der Waals surface area contributed by atoms with E-state index < -0.39 is 23.7 Å². The lowest BCUT2D eigenvalue weighted by Gasteiger charge is -2.65. The number of hydrogen-bond acceptors (Lipinski definition) is 4. The van der Waals surface area contributed by atoms with Gasteiger partial charge in [-0.25, -0.2) is 0 Å². The van der Waals surface area contributed by atoms with Crippen LogP contribution in [0.3, 0.4) is 0 Å². The molecule has 0 radical (unpaired) electrons. The number of hydrogen-bond donors (Lipinski definition) is 4. The topological polar surface area (TPSA) is 80.9 Å². The minimum absolute atomic E-state index is 0.00326. The van der Waals surface area contributed by atoms with Crippen molar-refractivity contribution in [1.29, 1.82) is 0 Å². The van der Waals surface area contributed by atoms with Gasteiger partial charge in [-0.1, -0.05) is 60.6 Å². The number of allylic oxidation sites excluding steroid dienone is 1. The van der Waals surface area contributed by atoms with Crippen molar-refractivity contribution >= 4 is 0 Å². The van der Waals surface area contributed by atoms with E-state index in [0.29, 0.717) is 18.3 Å². The quantitative estimate of drug-likeness (QED) is 0.395. The summed E-state index contributed by atoms with van der Waals surface area (Å²) in [7, 11) is 0. The molecule has 0 bridgehead atoms. The first kappa shape index (κ1) is 26.2. The van der Waals surface area contributed by atoms with Crippen LogP contribution in [0.2, 0.25) is 0 Å². The van der Waals surface area contributed by atoms with Crippen molar-refractivity contribution in [2.24, 2.45) is 56.7 Å². The fourth-order valence-corrected chi connectivity index (χ4v) is 11.4. The maximum Gasteiger partial charge on any atom is 0.0841 e. The Labute approximate surface area is 213 Å². The molecule has 0 aromatic heterocycles. The second-order valence-corrected chi connectivity index (χ2v) is 15.3. The van der Waals surface area contributed by atoms with E-state index in [-0.39, 0.29) is 45.5 Å². The first-order valence-corrected chi connectivity index (χ1v) is 14.5. The van der Waals surface area contributed by atoms with Crippen LogP contribution in [0.1, 0.15) is 99.8 Å². The van der Waals surface area contributed by atoms with Crippen molar-refractivity contribution in [3.8, 4) is 0 Å². The van der Waals surface area contributed by atoms with Crippen molar-refractivity contribution < 1.29 is 20.4 Å². The van der Waals surface area contributed by atoms with Crippen LogP contribution in [0, 0.1) is 56.7 Å². The molecule has 12 atom stereocenters. The summed E-state index contributed by atoms with van der Waals surface area (Å²) in [5, 5.41) is 46.0. The van der Waals surface area contributed by atoms with Crippen LogP contribution in [0.4, 0.5) is 0 Å². The van der Waals surface area contributed by atoms with Crippen molar-refractivity contribution in [3.63, 3.8) is 0 Å². The third kappa shape index (κ3) is 3.06. The molecule has 0 aromatic carbocycles. The van der Waals surface area contributed by atoms with E-state index in [4.69, 9.17) is 0 Å². The van der Waals surface area contributed by atoms with E-state index >= 15 is 0 Å². The summed E-state index contributed by atoms with van der Waals surface area (Å²) in [5.74, 6) is 1.01. The van der Waals surface area contributed by atoms with Gasteiger partial charge in [-0.2, -0.15) is 0 Å². The minimum Gasteiger partial charge on any atom is -0.393 e. The Bertz CT molecular complexity index is 881. The molecule has 4 N–H and O–H groups in total. The molecule has 0 aliphatic heterocycles. The molecule has 5 aliphatic rings. The Kier molecular flexibility index (Phi) is 5.84. The molecule has 35 heavy (non-hydrogen) atoms. The predicted octanol–water partition coefficient (Wildman–Crippen LogP) is 5.33. The number of aliphatic hydroxyl groups excluding tert-OH is 4. The van der Waals surface area contributed by atoms with E-state index in [0.717, 1.165) is 44.9 Å². The zero-order valence-electron chi connectivity index (χ0n) is 23.3. The second kappa shape index (κ2) is 7.80. The molecule has 5 fully saturated rings. The van der Waals surface area contributed by atoms with E-state index in [1.54, 1.807) is 0 Å². The van der Waals surface area contributed by atoms with Crippen LogP contribution in [0.15, 0.2) is 12.2 Å². The summed E-state index contributed by atoms with van der Waals surface area (Å²) in [6, 6.07) is 0. The molecule has 0 heterocycles. The fraction of sp³-hybridized carbons (Fsp3) is 0.935. The lowest BCUT2D eigenvalue weighted by atomic mass is 9.40. The largest absolute Gasteiger partial charge is 0.393 e. The van der Waals surface area contributed by atoms with Crippen LogP contribution >= 0.6 is 0 Å². The number of rotatable bonds is 5. The van der Waals surface area contributed by atoms with Gasteiger partial charge >= 0.3 is 0 Å². The van der Waals surface area contributed by atoms with Crippen molar-refractivity contribution in [1.82, 2.24) is 0 Å². The van der Waals surface area contributed by atoms with Gasteiger partial charge in [0.1, 0.15) is 0 Å². The molecule has 5 saturated carbocycles. The molecule has 0 aromatic rings. The Morgan fingerprint density at radius 3 is 2.09 bits per heavy atom. The standard InChI is InChI=1S/C31H52O4/c1-17(2)18(3)9-10-19(4)22-20(32)15-29(8)26-24(35)23(34)25-27(5,6)21(33)11-12-30(25)16-31(26,30)14-13-28(22,29)7/h17,19-26,32-35H,3,9-16H2,1-2,4-8H3. The lowest BCUT2D eigenvalue weighted by molar-refractivity contribution is -0.244. The maximum absolute atomic E-state index is 11.9. The Hall–Kier alpha value is -0.420. The molecule has 4 heteroatoms. The smallest absolute Gasteiger partial charge is 0.0841 e. The highest BCUT2D eigenvalue weighted by Crippen LogP contribution is 2.89. The van der Waals surface area contributed by atoms with Gasteiger partial charge in [-0.15, -0.1) is 0 Å². The normalized spacial score (nSPS) is 54.9. The molecular formula is C31H52O4. The lowest BCUT2D eigenvalue weighted by Crippen LogP contribution is -2.66. The third-order valence-electron chi connectivity index (χ3n) is 13.5. The van der Waals surface area contributed by atoms with E-state index in [2.05, 4.69) is 55.0 Å². The average Bonchev–Trinajstić information content (AvgIpc) is 3.33. The molecule has 200 valence electrons. The predicted molar refractivity (Wildman–Crippen MR) is 139 cm³/mol. The van der Waals surface area contributed by atoms with Gasteiger partial charge < -0.3 is 20.4 Å². The molecule has 0 saturated heterocycles. The summed E-state index contributed by atoms with van der Waals surface area (Å²) >= 11 is 0. The molecule has 2 spiro atoms. The van der Waals surface area contributed by atoms with Crippen LogP contribution in [-0.4, -0.2) is 44.8 Å². The Morgan fingerprint density at radius 1 is 0.857 bits per heavy atom. The molecular weight excluding hydrogens is 436 g/mol. The zero-order chi connectivity index (χ0) is 25.9. The Morgan fingerprint density at radius 2 is 1.46 bits per heavy atom. The van der Waals surface area contributed by atoms with Crippen molar-refractivity contribution in [3.05, 3.63) is 12.2 Å². The maximum atomic E-state index is 11.9. The summed E-state index contributed by atoms with van der Waals surface area (Å²) in [6.45, 7) is 19.9. The van der Waals surface area contributed by atoms with E-state index in [1.807, 2.05) is 0 Å². The van der Waals surface area contributed by atoms with Gasteiger partial charge in [0.2, 0.25) is 0 Å². The van der Waals surface area contributed by atoms with E-state index in [9.17, 15) is 20.4 Å². The minimum atomic E-state index is -0.817. The van der Waals surface area contributed by atoms with Gasteiger partial charge in [-0.3, -0.25) is 0 Å². The van der Waals surface area contributed by atoms with Gasteiger partial charge in [-0.05, 0) is 102 Å². The first-order valence-electron chi connectivity index (χ1n) is 14.5. The van der Waals surface area contributed by atoms with Crippen molar-refractivity contribution in [2.45, 2.75) is 124 Å². The summed E-state index contributed by atoms with van der Waals surface area (Å²) in [4.78, 5) is 0. The van der Waals surface area contributed by atoms with Crippen LogP contribution in [-0.2, 0) is 0 Å². The summed E-state index contributed by atoms with van der Waals surface area (Å²) < 4.78 is 0. The summed E-state index contributed by atoms with van der Waals surface area (Å²) in [5.41, 5.74) is 0.660. The highest BCUT2D eigenvalue weighted by Gasteiger charge is 2.86. The van der Waals surface area contributed by atoms with Crippen molar-refractivity contribution in [2.75, 3.05) is 0 Å². The van der Waals surface area contributed by atoms with Crippen LogP contribution in [0.5, 0.6) is 0 Å². The van der Waals surface area contributed by atoms with Gasteiger partial charge in [0.05, 0.1) is 24.4 Å². The second-order valence-electron chi connectivity index (χ2n) is 15.3. The highest BCUT2D eigenvalue weighted by atomic mass is 16.3. The molecule has 5 aliphatic carbocycles.